The minimum Gasteiger partial charge on any atom is -0.324 e. The van der Waals surface area contributed by atoms with Gasteiger partial charge in [0.1, 0.15) is 0 Å². The van der Waals surface area contributed by atoms with Crippen LogP contribution in [0.2, 0.25) is 0 Å². The summed E-state index contributed by atoms with van der Waals surface area (Å²) in [7, 11) is 0. The maximum absolute atomic E-state index is 6.39. The van der Waals surface area contributed by atoms with Gasteiger partial charge in [0.05, 0.1) is 0 Å². The molecule has 1 heteroatoms. The molecule has 0 fully saturated rings. The van der Waals surface area contributed by atoms with E-state index in [0.29, 0.717) is 0 Å². The van der Waals surface area contributed by atoms with Crippen LogP contribution in [0.1, 0.15) is 47.2 Å². The van der Waals surface area contributed by atoms with E-state index < -0.39 is 0 Å². The lowest BCUT2D eigenvalue weighted by atomic mass is 9.95. The molecule has 2 aromatic carbocycles. The van der Waals surface area contributed by atoms with Crippen LogP contribution in [-0.4, -0.2) is 0 Å². The lowest BCUT2D eigenvalue weighted by Crippen LogP contribution is -2.13. The summed E-state index contributed by atoms with van der Waals surface area (Å²) in [6.45, 7) is 6.50. The lowest BCUT2D eigenvalue weighted by molar-refractivity contribution is 0.719. The molecule has 0 amide bonds. The molecule has 1 unspecified atom stereocenters. The van der Waals surface area contributed by atoms with Crippen molar-refractivity contribution >= 4 is 0 Å². The number of aryl methyl sites for hydroxylation is 3. The summed E-state index contributed by atoms with van der Waals surface area (Å²) >= 11 is 0. The molecule has 0 spiro atoms. The van der Waals surface area contributed by atoms with E-state index >= 15 is 0 Å². The van der Waals surface area contributed by atoms with Crippen LogP contribution in [-0.2, 0) is 12.8 Å². The van der Waals surface area contributed by atoms with Crippen molar-refractivity contribution in [2.75, 3.05) is 0 Å². The van der Waals surface area contributed by atoms with Crippen LogP contribution in [0, 0.1) is 13.8 Å². The zero-order valence-electron chi connectivity index (χ0n) is 12.8. The SMILES string of the molecule is CCCc1cccc(C(N)Cc2cc(C)cc(C)c2)c1. The highest BCUT2D eigenvalue weighted by molar-refractivity contribution is 5.32. The molecule has 0 bridgehead atoms. The van der Waals surface area contributed by atoms with E-state index in [1.807, 2.05) is 0 Å². The maximum atomic E-state index is 6.39. The molecule has 20 heavy (non-hydrogen) atoms. The summed E-state index contributed by atoms with van der Waals surface area (Å²) in [6.07, 6.45) is 3.21. The second kappa shape index (κ2) is 6.71. The van der Waals surface area contributed by atoms with Crippen LogP contribution in [0.4, 0.5) is 0 Å². The van der Waals surface area contributed by atoms with E-state index in [0.717, 1.165) is 12.8 Å². The van der Waals surface area contributed by atoms with Crippen molar-refractivity contribution in [3.63, 3.8) is 0 Å². The second-order valence-corrected chi connectivity index (χ2v) is 5.80. The number of nitrogens with two attached hydrogens (primary N) is 1. The van der Waals surface area contributed by atoms with Gasteiger partial charge in [-0.25, -0.2) is 0 Å². The number of rotatable bonds is 5. The Hall–Kier alpha value is -1.60. The highest BCUT2D eigenvalue weighted by atomic mass is 14.6. The number of hydrogen-bond acceptors (Lipinski definition) is 1. The van der Waals surface area contributed by atoms with Crippen molar-refractivity contribution in [2.24, 2.45) is 5.73 Å². The quantitative estimate of drug-likeness (QED) is 0.848. The van der Waals surface area contributed by atoms with Gasteiger partial charge in [-0.3, -0.25) is 0 Å². The monoisotopic (exact) mass is 267 g/mol. The summed E-state index contributed by atoms with van der Waals surface area (Å²) in [5, 5.41) is 0. The van der Waals surface area contributed by atoms with Crippen LogP contribution >= 0.6 is 0 Å². The fourth-order valence-electron chi connectivity index (χ4n) is 2.83. The van der Waals surface area contributed by atoms with Crippen molar-refractivity contribution in [3.8, 4) is 0 Å². The fourth-order valence-corrected chi connectivity index (χ4v) is 2.83. The molecule has 0 aliphatic rings. The molecule has 2 N–H and O–H groups in total. The Bertz CT molecular complexity index is 551. The molecule has 2 aromatic rings. The van der Waals surface area contributed by atoms with Gasteiger partial charge in [0, 0.05) is 6.04 Å². The first-order chi connectivity index (χ1) is 9.58. The van der Waals surface area contributed by atoms with Gasteiger partial charge in [-0.05, 0) is 43.4 Å². The van der Waals surface area contributed by atoms with Gasteiger partial charge in [0.2, 0.25) is 0 Å². The first-order valence-corrected chi connectivity index (χ1v) is 7.50. The molecular weight excluding hydrogens is 242 g/mol. The van der Waals surface area contributed by atoms with Crippen LogP contribution in [0.3, 0.4) is 0 Å². The summed E-state index contributed by atoms with van der Waals surface area (Å²) < 4.78 is 0. The summed E-state index contributed by atoms with van der Waals surface area (Å²) in [4.78, 5) is 0. The molecule has 0 aliphatic carbocycles. The minimum absolute atomic E-state index is 0.0769. The molecule has 0 saturated carbocycles. The molecule has 0 aliphatic heterocycles. The van der Waals surface area contributed by atoms with E-state index in [1.165, 1.54) is 34.2 Å². The molecule has 1 atom stereocenters. The Morgan fingerprint density at radius 1 is 0.950 bits per heavy atom. The molecule has 0 saturated heterocycles. The van der Waals surface area contributed by atoms with E-state index in [1.54, 1.807) is 0 Å². The molecule has 0 radical (unpaired) electrons. The van der Waals surface area contributed by atoms with Gasteiger partial charge in [-0.1, -0.05) is 66.9 Å². The first kappa shape index (κ1) is 14.8. The van der Waals surface area contributed by atoms with Gasteiger partial charge >= 0.3 is 0 Å². The third kappa shape index (κ3) is 3.94. The Kier molecular flexibility index (Phi) is 4.97. The lowest BCUT2D eigenvalue weighted by Gasteiger charge is -2.14. The summed E-state index contributed by atoms with van der Waals surface area (Å²) in [5.41, 5.74) is 13.0. The first-order valence-electron chi connectivity index (χ1n) is 7.50. The molecule has 0 heterocycles. The fraction of sp³-hybridized carbons (Fsp3) is 0.368. The molecule has 106 valence electrons. The van der Waals surface area contributed by atoms with Gasteiger partial charge in [-0.15, -0.1) is 0 Å². The maximum Gasteiger partial charge on any atom is 0.0335 e. The Balaban J connectivity index is 2.14. The van der Waals surface area contributed by atoms with Crippen LogP contribution in [0.5, 0.6) is 0 Å². The molecule has 2 rings (SSSR count). The highest BCUT2D eigenvalue weighted by Gasteiger charge is 2.08. The Labute approximate surface area is 122 Å². The Morgan fingerprint density at radius 3 is 2.30 bits per heavy atom. The third-order valence-electron chi connectivity index (χ3n) is 3.65. The van der Waals surface area contributed by atoms with Gasteiger partial charge in [0.15, 0.2) is 0 Å². The van der Waals surface area contributed by atoms with Gasteiger partial charge in [-0.2, -0.15) is 0 Å². The molecular formula is C19H25N. The molecule has 1 nitrogen and oxygen atoms in total. The van der Waals surface area contributed by atoms with E-state index in [-0.39, 0.29) is 6.04 Å². The second-order valence-electron chi connectivity index (χ2n) is 5.80. The van der Waals surface area contributed by atoms with E-state index in [9.17, 15) is 0 Å². The average molecular weight is 267 g/mol. The third-order valence-corrected chi connectivity index (χ3v) is 3.65. The number of benzene rings is 2. The van der Waals surface area contributed by atoms with Crippen molar-refractivity contribution in [1.29, 1.82) is 0 Å². The van der Waals surface area contributed by atoms with Crippen molar-refractivity contribution in [1.82, 2.24) is 0 Å². The van der Waals surface area contributed by atoms with Crippen molar-refractivity contribution in [2.45, 2.75) is 46.1 Å². The summed E-state index contributed by atoms with van der Waals surface area (Å²) in [5.74, 6) is 0. The van der Waals surface area contributed by atoms with Gasteiger partial charge < -0.3 is 5.73 Å². The Morgan fingerprint density at radius 2 is 1.65 bits per heavy atom. The van der Waals surface area contributed by atoms with Crippen molar-refractivity contribution < 1.29 is 0 Å². The predicted octanol–water partition coefficient (Wildman–Crippen LogP) is 4.50. The molecule has 0 aromatic heterocycles. The normalized spacial score (nSPS) is 12.4. The highest BCUT2D eigenvalue weighted by Crippen LogP contribution is 2.19. The van der Waals surface area contributed by atoms with Crippen LogP contribution < -0.4 is 5.73 Å². The standard InChI is InChI=1S/C19H25N/c1-4-6-16-7-5-8-18(12-16)19(20)13-17-10-14(2)9-15(3)11-17/h5,7-12,19H,4,6,13,20H2,1-3H3. The smallest absolute Gasteiger partial charge is 0.0335 e. The predicted molar refractivity (Wildman–Crippen MR) is 87.0 cm³/mol. The van der Waals surface area contributed by atoms with Crippen molar-refractivity contribution in [3.05, 3.63) is 70.3 Å². The van der Waals surface area contributed by atoms with Gasteiger partial charge in [0.25, 0.3) is 0 Å². The van der Waals surface area contributed by atoms with E-state index in [2.05, 4.69) is 63.2 Å². The summed E-state index contributed by atoms with van der Waals surface area (Å²) in [6, 6.07) is 15.5. The zero-order chi connectivity index (χ0) is 14.5. The van der Waals surface area contributed by atoms with Crippen LogP contribution in [0.25, 0.3) is 0 Å². The topological polar surface area (TPSA) is 26.0 Å². The van der Waals surface area contributed by atoms with Crippen LogP contribution in [0.15, 0.2) is 42.5 Å². The average Bonchev–Trinajstić information content (AvgIpc) is 2.38. The number of hydrogen-bond donors (Lipinski definition) is 1. The minimum atomic E-state index is 0.0769. The largest absolute Gasteiger partial charge is 0.324 e. The zero-order valence-corrected chi connectivity index (χ0v) is 12.8. The van der Waals surface area contributed by atoms with E-state index in [4.69, 9.17) is 5.73 Å².